The summed E-state index contributed by atoms with van der Waals surface area (Å²) in [6, 6.07) is 4.79. The van der Waals surface area contributed by atoms with Gasteiger partial charge in [0, 0.05) is 38.1 Å². The highest BCUT2D eigenvalue weighted by molar-refractivity contribution is 5.09. The summed E-state index contributed by atoms with van der Waals surface area (Å²) in [5, 5.41) is 3.47. The Morgan fingerprint density at radius 2 is 2.28 bits per heavy atom. The molecule has 1 aromatic rings. The Balaban J connectivity index is 1.41. The second kappa shape index (κ2) is 5.78. The molecule has 2 aliphatic rings. The van der Waals surface area contributed by atoms with Crippen molar-refractivity contribution in [2.45, 2.75) is 31.5 Å². The number of hydrogen-bond donors (Lipinski definition) is 1. The molecule has 2 saturated heterocycles. The lowest BCUT2D eigenvalue weighted by molar-refractivity contribution is -0.0470. The normalized spacial score (nSPS) is 28.2. The van der Waals surface area contributed by atoms with Crippen molar-refractivity contribution in [2.75, 3.05) is 26.2 Å². The van der Waals surface area contributed by atoms with Crippen LogP contribution in [0.15, 0.2) is 24.5 Å². The summed E-state index contributed by atoms with van der Waals surface area (Å²) < 4.78 is 5.91. The molecule has 3 rings (SSSR count). The predicted octanol–water partition coefficient (Wildman–Crippen LogP) is 1.03. The zero-order chi connectivity index (χ0) is 12.2. The summed E-state index contributed by atoms with van der Waals surface area (Å²) >= 11 is 0. The minimum Gasteiger partial charge on any atom is -0.374 e. The number of morpholine rings is 1. The summed E-state index contributed by atoms with van der Waals surface area (Å²) in [5.41, 5.74) is 1.28. The molecular formula is C14H21N3O. The van der Waals surface area contributed by atoms with Gasteiger partial charge in [0.05, 0.1) is 12.7 Å². The number of aromatic nitrogens is 1. The molecule has 4 nitrogen and oxygen atoms in total. The van der Waals surface area contributed by atoms with Gasteiger partial charge in [-0.15, -0.1) is 0 Å². The highest BCUT2D eigenvalue weighted by Crippen LogP contribution is 2.22. The van der Waals surface area contributed by atoms with Crippen LogP contribution < -0.4 is 5.32 Å². The second-order valence-corrected chi connectivity index (χ2v) is 5.23. The average molecular weight is 247 g/mol. The Kier molecular flexibility index (Phi) is 3.88. The maximum Gasteiger partial charge on any atom is 0.0827 e. The lowest BCUT2D eigenvalue weighted by Gasteiger charge is -2.35. The number of hydrogen-bond acceptors (Lipinski definition) is 4. The van der Waals surface area contributed by atoms with Gasteiger partial charge in [-0.2, -0.15) is 0 Å². The molecular weight excluding hydrogens is 226 g/mol. The molecule has 3 heterocycles. The van der Waals surface area contributed by atoms with E-state index in [1.807, 2.05) is 24.5 Å². The predicted molar refractivity (Wildman–Crippen MR) is 70.3 cm³/mol. The first-order valence-corrected chi connectivity index (χ1v) is 6.87. The van der Waals surface area contributed by atoms with Crippen LogP contribution in [-0.2, 0) is 11.3 Å². The molecule has 1 N–H and O–H groups in total. The van der Waals surface area contributed by atoms with Crippen LogP contribution in [0.1, 0.15) is 18.4 Å². The molecule has 0 aromatic carbocycles. The minimum absolute atomic E-state index is 0.348. The van der Waals surface area contributed by atoms with E-state index < -0.39 is 0 Å². The zero-order valence-electron chi connectivity index (χ0n) is 10.7. The number of nitrogens with zero attached hydrogens (tertiary/aromatic N) is 2. The molecule has 0 amide bonds. The van der Waals surface area contributed by atoms with Crippen molar-refractivity contribution in [1.29, 1.82) is 0 Å². The Morgan fingerprint density at radius 1 is 1.39 bits per heavy atom. The van der Waals surface area contributed by atoms with Gasteiger partial charge in [0.25, 0.3) is 0 Å². The van der Waals surface area contributed by atoms with Crippen molar-refractivity contribution in [3.05, 3.63) is 30.1 Å². The molecule has 2 fully saturated rings. The van der Waals surface area contributed by atoms with Crippen molar-refractivity contribution < 1.29 is 4.74 Å². The van der Waals surface area contributed by atoms with E-state index in [2.05, 4.69) is 15.2 Å². The molecule has 18 heavy (non-hydrogen) atoms. The van der Waals surface area contributed by atoms with Crippen molar-refractivity contribution in [1.82, 2.24) is 15.2 Å². The molecule has 4 heteroatoms. The lowest BCUT2D eigenvalue weighted by Crippen LogP contribution is -2.49. The SMILES string of the molecule is c1cc(CNCC2CN3CCCC3CO2)ccn1. The maximum absolute atomic E-state index is 5.91. The lowest BCUT2D eigenvalue weighted by atomic mass is 10.2. The molecule has 0 aliphatic carbocycles. The van der Waals surface area contributed by atoms with Crippen LogP contribution in [0.3, 0.4) is 0 Å². The van der Waals surface area contributed by atoms with Gasteiger partial charge in [-0.25, -0.2) is 0 Å². The molecule has 1 aromatic heterocycles. The Morgan fingerprint density at radius 3 is 3.17 bits per heavy atom. The van der Waals surface area contributed by atoms with Crippen LogP contribution in [0.2, 0.25) is 0 Å². The fraction of sp³-hybridized carbons (Fsp3) is 0.643. The molecule has 98 valence electrons. The van der Waals surface area contributed by atoms with Crippen molar-refractivity contribution >= 4 is 0 Å². The monoisotopic (exact) mass is 247 g/mol. The van der Waals surface area contributed by atoms with E-state index in [1.54, 1.807) is 0 Å². The largest absolute Gasteiger partial charge is 0.374 e. The molecule has 2 unspecified atom stereocenters. The van der Waals surface area contributed by atoms with Gasteiger partial charge >= 0.3 is 0 Å². The van der Waals surface area contributed by atoms with Crippen LogP contribution in [0.5, 0.6) is 0 Å². The van der Waals surface area contributed by atoms with Crippen LogP contribution in [0.25, 0.3) is 0 Å². The number of nitrogens with one attached hydrogen (secondary N) is 1. The summed E-state index contributed by atoms with van der Waals surface area (Å²) in [5.74, 6) is 0. The minimum atomic E-state index is 0.348. The Labute approximate surface area is 108 Å². The standard InChI is InChI=1S/C14H21N3O/c1-2-13-11-18-14(10-17(13)7-1)9-16-8-12-3-5-15-6-4-12/h3-6,13-14,16H,1-2,7-11H2. The van der Waals surface area contributed by atoms with Gasteiger partial charge in [-0.1, -0.05) is 0 Å². The summed E-state index contributed by atoms with van der Waals surface area (Å²) in [6.45, 7) is 5.10. The van der Waals surface area contributed by atoms with Crippen molar-refractivity contribution in [3.8, 4) is 0 Å². The van der Waals surface area contributed by atoms with E-state index in [0.29, 0.717) is 12.1 Å². The zero-order valence-corrected chi connectivity index (χ0v) is 10.7. The molecule has 2 atom stereocenters. The van der Waals surface area contributed by atoms with Crippen molar-refractivity contribution in [2.24, 2.45) is 0 Å². The third-order valence-electron chi connectivity index (χ3n) is 3.91. The number of rotatable bonds is 4. The van der Waals surface area contributed by atoms with Gasteiger partial charge in [0.15, 0.2) is 0 Å². The Bertz CT molecular complexity index is 371. The van der Waals surface area contributed by atoms with Crippen molar-refractivity contribution in [3.63, 3.8) is 0 Å². The van der Waals surface area contributed by atoms with E-state index in [0.717, 1.165) is 26.2 Å². The van der Waals surface area contributed by atoms with E-state index in [1.165, 1.54) is 24.9 Å². The summed E-state index contributed by atoms with van der Waals surface area (Å²) in [7, 11) is 0. The number of pyridine rings is 1. The quantitative estimate of drug-likeness (QED) is 0.862. The topological polar surface area (TPSA) is 37.4 Å². The van der Waals surface area contributed by atoms with E-state index >= 15 is 0 Å². The highest BCUT2D eigenvalue weighted by atomic mass is 16.5. The Hall–Kier alpha value is -0.970. The van der Waals surface area contributed by atoms with Crippen LogP contribution in [-0.4, -0.2) is 48.3 Å². The first-order chi connectivity index (χ1) is 8.92. The van der Waals surface area contributed by atoms with Crippen LogP contribution in [0, 0.1) is 0 Å². The van der Waals surface area contributed by atoms with Crippen LogP contribution >= 0.6 is 0 Å². The third-order valence-corrected chi connectivity index (χ3v) is 3.91. The molecule has 0 saturated carbocycles. The molecule has 0 spiro atoms. The van der Waals surface area contributed by atoms with Crippen LogP contribution in [0.4, 0.5) is 0 Å². The highest BCUT2D eigenvalue weighted by Gasteiger charge is 2.31. The van der Waals surface area contributed by atoms with Gasteiger partial charge in [-0.05, 0) is 37.1 Å². The average Bonchev–Trinajstić information content (AvgIpc) is 2.87. The van der Waals surface area contributed by atoms with Gasteiger partial charge in [-0.3, -0.25) is 9.88 Å². The summed E-state index contributed by atoms with van der Waals surface area (Å²) in [4.78, 5) is 6.61. The first-order valence-electron chi connectivity index (χ1n) is 6.87. The number of fused-ring (bicyclic) bond motifs is 1. The molecule has 0 bridgehead atoms. The second-order valence-electron chi connectivity index (χ2n) is 5.23. The van der Waals surface area contributed by atoms with E-state index in [9.17, 15) is 0 Å². The smallest absolute Gasteiger partial charge is 0.0827 e. The van der Waals surface area contributed by atoms with E-state index in [-0.39, 0.29) is 0 Å². The molecule has 2 aliphatic heterocycles. The molecule has 0 radical (unpaired) electrons. The van der Waals surface area contributed by atoms with Gasteiger partial charge in [0.2, 0.25) is 0 Å². The fourth-order valence-electron chi connectivity index (χ4n) is 2.89. The third kappa shape index (κ3) is 2.88. The fourth-order valence-corrected chi connectivity index (χ4v) is 2.89. The maximum atomic E-state index is 5.91. The van der Waals surface area contributed by atoms with Gasteiger partial charge < -0.3 is 10.1 Å². The van der Waals surface area contributed by atoms with E-state index in [4.69, 9.17) is 4.74 Å². The number of ether oxygens (including phenoxy) is 1. The first kappa shape index (κ1) is 12.1. The summed E-state index contributed by atoms with van der Waals surface area (Å²) in [6.07, 6.45) is 6.68. The van der Waals surface area contributed by atoms with Gasteiger partial charge in [0.1, 0.15) is 0 Å².